The lowest BCUT2D eigenvalue weighted by Crippen LogP contribution is -2.55. The minimum atomic E-state index is -0.298. The minimum absolute atomic E-state index is 0.0357. The Kier molecular flexibility index (Phi) is 6.10. The first-order valence-electron chi connectivity index (χ1n) is 9.99. The molecule has 0 bridgehead atoms. The van der Waals surface area contributed by atoms with Gasteiger partial charge in [-0.3, -0.25) is 9.69 Å². The van der Waals surface area contributed by atoms with Crippen molar-refractivity contribution < 1.29 is 23.1 Å². The lowest BCUT2D eigenvalue weighted by Gasteiger charge is -2.42. The molecule has 0 unspecified atom stereocenters. The molecule has 29 heavy (non-hydrogen) atoms. The summed E-state index contributed by atoms with van der Waals surface area (Å²) in [5.41, 5.74) is 0.946. The molecule has 4 rings (SSSR count). The molecule has 0 aliphatic carbocycles. The zero-order chi connectivity index (χ0) is 20.2. The number of aryl methyl sites for hydroxylation is 1. The van der Waals surface area contributed by atoms with Crippen LogP contribution in [0.25, 0.3) is 0 Å². The summed E-state index contributed by atoms with van der Waals surface area (Å²) in [5, 5.41) is 0. The summed E-state index contributed by atoms with van der Waals surface area (Å²) >= 11 is 0. The number of aromatic nitrogens is 1. The predicted molar refractivity (Wildman–Crippen MR) is 103 cm³/mol. The first-order chi connectivity index (χ1) is 14.1. The Morgan fingerprint density at radius 2 is 2.00 bits per heavy atom. The Hall–Kier alpha value is -2.45. The van der Waals surface area contributed by atoms with Gasteiger partial charge in [0.25, 0.3) is 0 Å². The molecule has 2 fully saturated rings. The van der Waals surface area contributed by atoms with Gasteiger partial charge in [-0.1, -0.05) is 0 Å². The number of rotatable bonds is 6. The largest absolute Gasteiger partial charge is 0.491 e. The van der Waals surface area contributed by atoms with E-state index in [2.05, 4.69) is 9.88 Å². The van der Waals surface area contributed by atoms with E-state index in [-0.39, 0.29) is 30.5 Å². The van der Waals surface area contributed by atoms with Gasteiger partial charge in [0.2, 0.25) is 5.91 Å². The van der Waals surface area contributed by atoms with E-state index in [4.69, 9.17) is 13.9 Å². The average Bonchev–Trinajstić information content (AvgIpc) is 3.14. The number of carbonyl (C=O) groups excluding carboxylic acids is 1. The molecule has 0 spiro atoms. The van der Waals surface area contributed by atoms with Gasteiger partial charge in [-0.15, -0.1) is 0 Å². The standard InChI is InChI=1S/C21H26FN3O4/c1-15-23-17(12-27-15)10-24-8-6-18(7-9-24)25-11-20(29-14-21(25)26)13-28-19-4-2-16(22)3-5-19/h2-5,12,18,20H,6-11,13-14H2,1H3/t20-/m0/s1. The van der Waals surface area contributed by atoms with Gasteiger partial charge in [-0.05, 0) is 37.1 Å². The molecule has 2 aromatic rings. The number of hydrogen-bond acceptors (Lipinski definition) is 6. The molecule has 0 saturated carbocycles. The highest BCUT2D eigenvalue weighted by atomic mass is 19.1. The Morgan fingerprint density at radius 1 is 1.24 bits per heavy atom. The van der Waals surface area contributed by atoms with Crippen LogP contribution < -0.4 is 4.74 Å². The second kappa shape index (κ2) is 8.92. The van der Waals surface area contributed by atoms with Crippen LogP contribution in [0.3, 0.4) is 0 Å². The van der Waals surface area contributed by atoms with Gasteiger partial charge < -0.3 is 18.8 Å². The van der Waals surface area contributed by atoms with Gasteiger partial charge in [0, 0.05) is 32.6 Å². The fourth-order valence-corrected chi connectivity index (χ4v) is 3.92. The molecule has 2 aliphatic rings. The number of amides is 1. The van der Waals surface area contributed by atoms with Gasteiger partial charge in [-0.2, -0.15) is 0 Å². The average molecular weight is 403 g/mol. The number of carbonyl (C=O) groups is 1. The lowest BCUT2D eigenvalue weighted by atomic mass is 10.0. The zero-order valence-electron chi connectivity index (χ0n) is 16.6. The van der Waals surface area contributed by atoms with Crippen molar-refractivity contribution in [2.75, 3.05) is 32.8 Å². The van der Waals surface area contributed by atoms with Gasteiger partial charge in [0.15, 0.2) is 5.89 Å². The third kappa shape index (κ3) is 5.13. The van der Waals surface area contributed by atoms with Crippen LogP contribution in [0, 0.1) is 12.7 Å². The number of morpholine rings is 1. The second-order valence-corrected chi connectivity index (χ2v) is 7.61. The molecule has 0 N–H and O–H groups in total. The van der Waals surface area contributed by atoms with Crippen molar-refractivity contribution in [2.45, 2.75) is 38.5 Å². The summed E-state index contributed by atoms with van der Waals surface area (Å²) < 4.78 is 29.6. The first-order valence-corrected chi connectivity index (χ1v) is 9.99. The van der Waals surface area contributed by atoms with E-state index >= 15 is 0 Å². The normalized spacial score (nSPS) is 21.5. The maximum Gasteiger partial charge on any atom is 0.248 e. The van der Waals surface area contributed by atoms with Crippen LogP contribution in [-0.2, 0) is 16.1 Å². The van der Waals surface area contributed by atoms with E-state index in [1.807, 2.05) is 11.8 Å². The van der Waals surface area contributed by atoms with E-state index in [1.165, 1.54) is 12.1 Å². The third-order valence-electron chi connectivity index (χ3n) is 5.46. The SMILES string of the molecule is Cc1nc(CN2CCC(N3C[C@@H](COc4ccc(F)cc4)OCC3=O)CC2)co1. The Morgan fingerprint density at radius 3 is 2.69 bits per heavy atom. The number of hydrogen-bond donors (Lipinski definition) is 0. The van der Waals surface area contributed by atoms with Gasteiger partial charge >= 0.3 is 0 Å². The van der Waals surface area contributed by atoms with Crippen molar-refractivity contribution in [3.63, 3.8) is 0 Å². The third-order valence-corrected chi connectivity index (χ3v) is 5.46. The molecule has 8 heteroatoms. The van der Waals surface area contributed by atoms with E-state index in [1.54, 1.807) is 18.4 Å². The summed E-state index contributed by atoms with van der Waals surface area (Å²) in [6, 6.07) is 6.12. The number of ether oxygens (including phenoxy) is 2. The molecule has 2 aliphatic heterocycles. The molecule has 1 atom stereocenters. The number of piperidine rings is 1. The summed E-state index contributed by atoms with van der Waals surface area (Å²) in [6.45, 7) is 5.38. The Balaban J connectivity index is 1.26. The maximum absolute atomic E-state index is 13.0. The van der Waals surface area contributed by atoms with Crippen molar-refractivity contribution in [2.24, 2.45) is 0 Å². The highest BCUT2D eigenvalue weighted by Gasteiger charge is 2.34. The molecule has 7 nitrogen and oxygen atoms in total. The van der Waals surface area contributed by atoms with E-state index in [0.29, 0.717) is 24.8 Å². The monoisotopic (exact) mass is 403 g/mol. The Labute approximate surface area is 169 Å². The van der Waals surface area contributed by atoms with Gasteiger partial charge in [0.1, 0.15) is 37.1 Å². The van der Waals surface area contributed by atoms with Crippen molar-refractivity contribution in [1.29, 1.82) is 0 Å². The molecular weight excluding hydrogens is 377 g/mol. The number of nitrogens with zero attached hydrogens (tertiary/aromatic N) is 3. The van der Waals surface area contributed by atoms with Crippen molar-refractivity contribution >= 4 is 5.91 Å². The van der Waals surface area contributed by atoms with Gasteiger partial charge in [-0.25, -0.2) is 9.37 Å². The summed E-state index contributed by atoms with van der Waals surface area (Å²) in [5.74, 6) is 1.01. The zero-order valence-corrected chi connectivity index (χ0v) is 16.6. The number of halogens is 1. The maximum atomic E-state index is 13.0. The second-order valence-electron chi connectivity index (χ2n) is 7.61. The van der Waals surface area contributed by atoms with E-state index in [9.17, 15) is 9.18 Å². The quantitative estimate of drug-likeness (QED) is 0.738. The molecule has 1 aromatic heterocycles. The van der Waals surface area contributed by atoms with Crippen LogP contribution in [0.2, 0.25) is 0 Å². The molecular formula is C21H26FN3O4. The van der Waals surface area contributed by atoms with Crippen LogP contribution in [0.5, 0.6) is 5.75 Å². The molecule has 1 aromatic carbocycles. The molecule has 0 radical (unpaired) electrons. The fourth-order valence-electron chi connectivity index (χ4n) is 3.92. The summed E-state index contributed by atoms with van der Waals surface area (Å²) in [6.07, 6.45) is 3.37. The van der Waals surface area contributed by atoms with Crippen LogP contribution in [-0.4, -0.2) is 65.7 Å². The minimum Gasteiger partial charge on any atom is -0.491 e. The van der Waals surface area contributed by atoms with Crippen molar-refractivity contribution in [3.05, 3.63) is 47.9 Å². The highest BCUT2D eigenvalue weighted by molar-refractivity contribution is 5.78. The van der Waals surface area contributed by atoms with Crippen LogP contribution in [0.4, 0.5) is 4.39 Å². The first kappa shape index (κ1) is 19.8. The van der Waals surface area contributed by atoms with Crippen LogP contribution in [0.15, 0.2) is 34.9 Å². The number of benzene rings is 1. The van der Waals surface area contributed by atoms with Crippen molar-refractivity contribution in [1.82, 2.24) is 14.8 Å². The number of oxazole rings is 1. The smallest absolute Gasteiger partial charge is 0.248 e. The molecule has 1 amide bonds. The molecule has 3 heterocycles. The lowest BCUT2D eigenvalue weighted by molar-refractivity contribution is -0.155. The Bertz CT molecular complexity index is 818. The topological polar surface area (TPSA) is 68.0 Å². The summed E-state index contributed by atoms with van der Waals surface area (Å²) in [7, 11) is 0. The van der Waals surface area contributed by atoms with Gasteiger partial charge in [0.05, 0.1) is 12.2 Å². The van der Waals surface area contributed by atoms with Crippen molar-refractivity contribution in [3.8, 4) is 5.75 Å². The van der Waals surface area contributed by atoms with Crippen LogP contribution >= 0.6 is 0 Å². The predicted octanol–water partition coefficient (Wildman–Crippen LogP) is 2.39. The number of likely N-dealkylation sites (tertiary alicyclic amines) is 1. The molecule has 2 saturated heterocycles. The summed E-state index contributed by atoms with van der Waals surface area (Å²) in [4.78, 5) is 21.1. The van der Waals surface area contributed by atoms with Crippen LogP contribution in [0.1, 0.15) is 24.4 Å². The fraction of sp³-hybridized carbons (Fsp3) is 0.524. The van der Waals surface area contributed by atoms with E-state index in [0.717, 1.165) is 38.2 Å². The molecule has 156 valence electrons. The highest BCUT2D eigenvalue weighted by Crippen LogP contribution is 2.22. The van der Waals surface area contributed by atoms with E-state index < -0.39 is 0 Å².